The fourth-order valence-electron chi connectivity index (χ4n) is 6.70. The molecule has 2 N–H and O–H groups in total. The molecule has 1 unspecified atom stereocenters. The number of carbonyl (C=O) groups is 2. The van der Waals surface area contributed by atoms with Crippen LogP contribution in [-0.4, -0.2) is 90.4 Å². The second-order valence-corrected chi connectivity index (χ2v) is 12.2. The van der Waals surface area contributed by atoms with Crippen LogP contribution in [0.5, 0.6) is 5.75 Å². The Morgan fingerprint density at radius 3 is 2.41 bits per heavy atom. The molecule has 2 aromatic carbocycles. The van der Waals surface area contributed by atoms with Crippen molar-refractivity contribution in [1.29, 1.82) is 0 Å². The van der Waals surface area contributed by atoms with Gasteiger partial charge in [-0.3, -0.25) is 34.6 Å². The highest BCUT2D eigenvalue weighted by Gasteiger charge is 2.29. The number of piperazine rings is 1. The Morgan fingerprint density at radius 1 is 1.04 bits per heavy atom. The number of nitro groups is 1. The third-order valence-electron chi connectivity index (χ3n) is 9.22. The molecule has 244 valence electrons. The number of nitrogens with zero attached hydrogens (tertiary/aromatic N) is 6. The monoisotopic (exact) mass is 634 g/mol. The molecule has 3 saturated heterocycles. The van der Waals surface area contributed by atoms with Crippen molar-refractivity contribution < 1.29 is 23.6 Å². The standard InChI is InChI=1S/C32H39FN8O5/c1-37-20-22(18-34-37)24-16-29(41(44)45)30(46-2)17-28(24)39-9-7-21(8-10-39)19-38-11-13-40(14-12-38)27-5-3-23(15-25(27)33)35-26-4-6-31(42)36-32(26)43/h3,5,15-18,20-21,26,35H,4,6-14,19H2,1-2H3,(H,36,42,43). The highest BCUT2D eigenvalue weighted by atomic mass is 19.1. The van der Waals surface area contributed by atoms with Crippen LogP contribution in [0.2, 0.25) is 0 Å². The van der Waals surface area contributed by atoms with Gasteiger partial charge in [0, 0.05) is 100 Å². The largest absolute Gasteiger partial charge is 0.490 e. The van der Waals surface area contributed by atoms with Crippen molar-refractivity contribution >= 4 is 34.6 Å². The fourth-order valence-corrected chi connectivity index (χ4v) is 6.70. The summed E-state index contributed by atoms with van der Waals surface area (Å²) >= 11 is 0. The summed E-state index contributed by atoms with van der Waals surface area (Å²) in [6, 6.07) is 7.75. The second kappa shape index (κ2) is 13.3. The first-order valence-corrected chi connectivity index (χ1v) is 15.7. The normalized spacial score (nSPS) is 19.7. The van der Waals surface area contributed by atoms with Crippen molar-refractivity contribution in [1.82, 2.24) is 20.0 Å². The molecular formula is C32H39FN8O5. The zero-order chi connectivity index (χ0) is 32.4. The summed E-state index contributed by atoms with van der Waals surface area (Å²) in [5, 5.41) is 21.4. The van der Waals surface area contributed by atoms with Gasteiger partial charge in [0.2, 0.25) is 11.8 Å². The SMILES string of the molecule is COc1cc(N2CCC(CN3CCN(c4ccc(NC5CCC(=O)NC5=O)cc4F)CC3)CC2)c(-c2cnn(C)c2)cc1[N+](=O)[O-]. The van der Waals surface area contributed by atoms with Gasteiger partial charge >= 0.3 is 5.69 Å². The Labute approximate surface area is 266 Å². The van der Waals surface area contributed by atoms with Crippen LogP contribution in [0, 0.1) is 21.8 Å². The lowest BCUT2D eigenvalue weighted by molar-refractivity contribution is -0.385. The topological polar surface area (TPSA) is 138 Å². The van der Waals surface area contributed by atoms with Crippen LogP contribution in [-0.2, 0) is 16.6 Å². The number of rotatable bonds is 9. The second-order valence-electron chi connectivity index (χ2n) is 12.2. The third kappa shape index (κ3) is 6.76. The van der Waals surface area contributed by atoms with E-state index in [-0.39, 0.29) is 35.5 Å². The lowest BCUT2D eigenvalue weighted by atomic mass is 9.94. The Balaban J connectivity index is 1.03. The van der Waals surface area contributed by atoms with E-state index in [0.717, 1.165) is 62.4 Å². The molecule has 14 heteroatoms. The number of hydrogen-bond donors (Lipinski definition) is 2. The highest BCUT2D eigenvalue weighted by molar-refractivity contribution is 6.01. The van der Waals surface area contributed by atoms with E-state index in [1.165, 1.54) is 13.2 Å². The van der Waals surface area contributed by atoms with E-state index in [1.54, 1.807) is 35.1 Å². The van der Waals surface area contributed by atoms with Crippen molar-refractivity contribution in [3.63, 3.8) is 0 Å². The number of aromatic nitrogens is 2. The summed E-state index contributed by atoms with van der Waals surface area (Å²) in [7, 11) is 3.27. The number of halogens is 1. The van der Waals surface area contributed by atoms with Gasteiger partial charge in [-0.05, 0) is 43.4 Å². The van der Waals surface area contributed by atoms with Crippen molar-refractivity contribution in [2.45, 2.75) is 31.7 Å². The van der Waals surface area contributed by atoms with Gasteiger partial charge in [-0.15, -0.1) is 0 Å². The summed E-state index contributed by atoms with van der Waals surface area (Å²) in [5.74, 6) is -0.258. The fraction of sp³-hybridized carbons (Fsp3) is 0.469. The van der Waals surface area contributed by atoms with Crippen LogP contribution >= 0.6 is 0 Å². The zero-order valence-electron chi connectivity index (χ0n) is 26.1. The van der Waals surface area contributed by atoms with Crippen LogP contribution in [0.1, 0.15) is 25.7 Å². The van der Waals surface area contributed by atoms with Crippen LogP contribution in [0.15, 0.2) is 42.7 Å². The first-order valence-electron chi connectivity index (χ1n) is 15.7. The summed E-state index contributed by atoms with van der Waals surface area (Å²) < 4.78 is 22.2. The third-order valence-corrected chi connectivity index (χ3v) is 9.22. The van der Waals surface area contributed by atoms with E-state index in [9.17, 15) is 19.7 Å². The van der Waals surface area contributed by atoms with Gasteiger partial charge in [-0.1, -0.05) is 0 Å². The Kier molecular flexibility index (Phi) is 9.06. The van der Waals surface area contributed by atoms with Gasteiger partial charge in [0.1, 0.15) is 11.9 Å². The Hall–Kier alpha value is -4.72. The molecule has 46 heavy (non-hydrogen) atoms. The maximum Gasteiger partial charge on any atom is 0.311 e. The summed E-state index contributed by atoms with van der Waals surface area (Å²) in [6.45, 7) is 5.71. The van der Waals surface area contributed by atoms with Crippen LogP contribution in [0.3, 0.4) is 0 Å². The number of hydrogen-bond acceptors (Lipinski definition) is 10. The van der Waals surface area contributed by atoms with E-state index in [2.05, 4.69) is 30.4 Å². The van der Waals surface area contributed by atoms with Gasteiger partial charge in [-0.25, -0.2) is 4.39 Å². The van der Waals surface area contributed by atoms with Crippen LogP contribution in [0.4, 0.5) is 27.1 Å². The average Bonchev–Trinajstić information content (AvgIpc) is 3.48. The van der Waals surface area contributed by atoms with Crippen molar-refractivity contribution in [3.8, 4) is 16.9 Å². The van der Waals surface area contributed by atoms with Gasteiger partial charge in [0.25, 0.3) is 0 Å². The lowest BCUT2D eigenvalue weighted by Crippen LogP contribution is -2.49. The molecule has 3 fully saturated rings. The molecule has 13 nitrogen and oxygen atoms in total. The quantitative estimate of drug-likeness (QED) is 0.205. The maximum atomic E-state index is 15.1. The number of piperidine rings is 2. The van der Waals surface area contributed by atoms with Crippen molar-refractivity contribution in [2.24, 2.45) is 13.0 Å². The number of nitro benzene ring substituents is 1. The van der Waals surface area contributed by atoms with E-state index >= 15 is 4.39 Å². The highest BCUT2D eigenvalue weighted by Crippen LogP contribution is 2.41. The molecule has 3 aliphatic heterocycles. The minimum absolute atomic E-state index is 0.0705. The number of benzene rings is 2. The average molecular weight is 635 g/mol. The number of imide groups is 1. The van der Waals surface area contributed by atoms with Crippen molar-refractivity contribution in [3.05, 3.63) is 58.7 Å². The molecule has 1 aromatic heterocycles. The smallest absolute Gasteiger partial charge is 0.311 e. The molecule has 0 aliphatic carbocycles. The predicted molar refractivity (Wildman–Crippen MR) is 172 cm³/mol. The first kappa shape index (κ1) is 31.3. The molecular weight excluding hydrogens is 595 g/mol. The first-order chi connectivity index (χ1) is 22.2. The molecule has 4 heterocycles. The molecule has 0 radical (unpaired) electrons. The molecule has 0 spiro atoms. The van der Waals surface area contributed by atoms with E-state index in [0.29, 0.717) is 36.8 Å². The summed E-state index contributed by atoms with van der Waals surface area (Å²) in [4.78, 5) is 41.6. The number of aryl methyl sites for hydroxylation is 1. The summed E-state index contributed by atoms with van der Waals surface area (Å²) in [6.07, 6.45) is 6.20. The molecule has 1 atom stereocenters. The number of nitrogens with one attached hydrogen (secondary N) is 2. The molecule has 3 aliphatic rings. The zero-order valence-corrected chi connectivity index (χ0v) is 26.1. The van der Waals surface area contributed by atoms with E-state index < -0.39 is 11.0 Å². The van der Waals surface area contributed by atoms with Gasteiger partial charge in [0.05, 0.1) is 23.9 Å². The number of methoxy groups -OCH3 is 1. The maximum absolute atomic E-state index is 15.1. The predicted octanol–water partition coefficient (Wildman–Crippen LogP) is 3.40. The molecule has 6 rings (SSSR count). The number of amides is 2. The minimum Gasteiger partial charge on any atom is -0.490 e. The van der Waals surface area contributed by atoms with Crippen LogP contribution < -0.4 is 25.2 Å². The van der Waals surface area contributed by atoms with Gasteiger partial charge in [-0.2, -0.15) is 5.10 Å². The van der Waals surface area contributed by atoms with Gasteiger partial charge in [0.15, 0.2) is 5.75 Å². The van der Waals surface area contributed by atoms with E-state index in [1.807, 2.05) is 13.2 Å². The molecule has 3 aromatic rings. The Bertz CT molecular complexity index is 1610. The molecule has 0 bridgehead atoms. The Morgan fingerprint density at radius 2 is 1.78 bits per heavy atom. The number of carbonyl (C=O) groups excluding carboxylic acids is 2. The van der Waals surface area contributed by atoms with Crippen molar-refractivity contribution in [2.75, 3.05) is 68.0 Å². The number of anilines is 3. The minimum atomic E-state index is -0.557. The number of ether oxygens (including phenoxy) is 1. The molecule has 0 saturated carbocycles. The van der Waals surface area contributed by atoms with E-state index in [4.69, 9.17) is 4.74 Å². The summed E-state index contributed by atoms with van der Waals surface area (Å²) in [5.41, 5.74) is 3.48. The van der Waals surface area contributed by atoms with Crippen LogP contribution in [0.25, 0.3) is 11.1 Å². The lowest BCUT2D eigenvalue weighted by Gasteiger charge is -2.40. The molecule has 2 amide bonds. The van der Waals surface area contributed by atoms with Gasteiger partial charge < -0.3 is 19.9 Å².